The van der Waals surface area contributed by atoms with Crippen molar-refractivity contribution in [3.63, 3.8) is 0 Å². The second-order valence-corrected chi connectivity index (χ2v) is 5.01. The van der Waals surface area contributed by atoms with Gasteiger partial charge in [-0.15, -0.1) is 6.58 Å². The van der Waals surface area contributed by atoms with Gasteiger partial charge < -0.3 is 10.1 Å². The third-order valence-electron chi connectivity index (χ3n) is 2.89. The minimum absolute atomic E-state index is 0.538. The molecule has 2 nitrogen and oxygen atoms in total. The lowest BCUT2D eigenvalue weighted by molar-refractivity contribution is 0.149. The molecular weight excluding hydrogens is 222 g/mol. The molecule has 0 fully saturated rings. The van der Waals surface area contributed by atoms with Crippen LogP contribution >= 0.6 is 0 Å². The Bertz CT molecular complexity index is 343. The van der Waals surface area contributed by atoms with Gasteiger partial charge in [0.05, 0.1) is 13.2 Å². The number of rotatable bonds is 8. The first kappa shape index (κ1) is 14.9. The molecule has 0 saturated carbocycles. The molecule has 2 heteroatoms. The summed E-state index contributed by atoms with van der Waals surface area (Å²) in [6.45, 7) is 12.5. The molecule has 100 valence electrons. The highest BCUT2D eigenvalue weighted by Gasteiger charge is 2.05. The van der Waals surface area contributed by atoms with Gasteiger partial charge in [0.2, 0.25) is 0 Å². The smallest absolute Gasteiger partial charge is 0.0721 e. The van der Waals surface area contributed by atoms with Crippen molar-refractivity contribution >= 4 is 0 Å². The van der Waals surface area contributed by atoms with Crippen LogP contribution in [0, 0.1) is 0 Å². The highest BCUT2D eigenvalue weighted by Crippen LogP contribution is 2.15. The van der Waals surface area contributed by atoms with Crippen LogP contribution in [0.25, 0.3) is 0 Å². The summed E-state index contributed by atoms with van der Waals surface area (Å²) in [6, 6.07) is 9.21. The molecule has 0 heterocycles. The maximum absolute atomic E-state index is 5.42. The van der Waals surface area contributed by atoms with Crippen molar-refractivity contribution in [1.29, 1.82) is 0 Å². The second-order valence-electron chi connectivity index (χ2n) is 5.01. The van der Waals surface area contributed by atoms with Crippen LogP contribution in [0.15, 0.2) is 36.9 Å². The Balaban J connectivity index is 2.45. The van der Waals surface area contributed by atoms with E-state index in [2.05, 4.69) is 56.9 Å². The fourth-order valence-corrected chi connectivity index (χ4v) is 1.73. The van der Waals surface area contributed by atoms with Gasteiger partial charge in [0.15, 0.2) is 0 Å². The molecule has 0 aliphatic carbocycles. The number of nitrogens with one attached hydrogen (secondary N) is 1. The number of hydrogen-bond acceptors (Lipinski definition) is 2. The normalized spacial score (nSPS) is 12.7. The topological polar surface area (TPSA) is 21.3 Å². The minimum atomic E-state index is 0.538. The zero-order valence-electron chi connectivity index (χ0n) is 11.8. The zero-order valence-corrected chi connectivity index (χ0v) is 11.8. The molecule has 0 aliphatic heterocycles. The molecule has 0 bridgehead atoms. The Labute approximate surface area is 111 Å². The molecule has 1 unspecified atom stereocenters. The van der Waals surface area contributed by atoms with Crippen molar-refractivity contribution in [2.24, 2.45) is 0 Å². The van der Waals surface area contributed by atoms with Crippen molar-refractivity contribution in [2.75, 3.05) is 13.2 Å². The molecule has 0 aliphatic rings. The molecule has 1 atom stereocenters. The fraction of sp³-hybridized carbons (Fsp3) is 0.500. The molecule has 1 N–H and O–H groups in total. The van der Waals surface area contributed by atoms with E-state index in [1.54, 1.807) is 6.08 Å². The van der Waals surface area contributed by atoms with Gasteiger partial charge in [-0.2, -0.15) is 0 Å². The van der Waals surface area contributed by atoms with Crippen molar-refractivity contribution in [3.05, 3.63) is 48.0 Å². The summed E-state index contributed by atoms with van der Waals surface area (Å²) in [5, 5.41) is 3.46. The average molecular weight is 247 g/mol. The van der Waals surface area contributed by atoms with Gasteiger partial charge in [-0.25, -0.2) is 0 Å². The maximum atomic E-state index is 5.42. The predicted octanol–water partition coefficient (Wildman–Crippen LogP) is 3.49. The van der Waals surface area contributed by atoms with Crippen molar-refractivity contribution < 1.29 is 4.74 Å². The Morgan fingerprint density at radius 2 is 1.89 bits per heavy atom. The van der Waals surface area contributed by atoms with Gasteiger partial charge in [-0.1, -0.05) is 51.1 Å². The molecule has 0 aromatic heterocycles. The lowest BCUT2D eigenvalue weighted by Gasteiger charge is -2.15. The van der Waals surface area contributed by atoms with E-state index in [1.807, 2.05) is 0 Å². The summed E-state index contributed by atoms with van der Waals surface area (Å²) in [7, 11) is 0. The SMILES string of the molecule is C=CCOCc1ccc(C(C)CNC(C)C)cc1. The number of hydrogen-bond donors (Lipinski definition) is 1. The third kappa shape index (κ3) is 5.48. The summed E-state index contributed by atoms with van der Waals surface area (Å²) >= 11 is 0. The first-order valence-electron chi connectivity index (χ1n) is 6.64. The van der Waals surface area contributed by atoms with Gasteiger partial charge in [0.1, 0.15) is 0 Å². The lowest BCUT2D eigenvalue weighted by Crippen LogP contribution is -2.26. The van der Waals surface area contributed by atoms with Crippen LogP contribution in [-0.2, 0) is 11.3 Å². The van der Waals surface area contributed by atoms with Gasteiger partial charge in [-0.3, -0.25) is 0 Å². The van der Waals surface area contributed by atoms with E-state index in [9.17, 15) is 0 Å². The average Bonchev–Trinajstić information content (AvgIpc) is 2.37. The summed E-state index contributed by atoms with van der Waals surface area (Å²) in [5.74, 6) is 0.538. The van der Waals surface area contributed by atoms with Crippen LogP contribution < -0.4 is 5.32 Å². The number of benzene rings is 1. The third-order valence-corrected chi connectivity index (χ3v) is 2.89. The van der Waals surface area contributed by atoms with Crippen LogP contribution in [0.2, 0.25) is 0 Å². The Morgan fingerprint density at radius 1 is 1.22 bits per heavy atom. The molecule has 1 aromatic rings. The molecule has 1 aromatic carbocycles. The maximum Gasteiger partial charge on any atom is 0.0721 e. The second kappa shape index (κ2) is 8.06. The van der Waals surface area contributed by atoms with Crippen LogP contribution in [0.3, 0.4) is 0 Å². The summed E-state index contributed by atoms with van der Waals surface area (Å²) in [6.07, 6.45) is 1.77. The first-order valence-corrected chi connectivity index (χ1v) is 6.64. The van der Waals surface area contributed by atoms with E-state index in [-0.39, 0.29) is 0 Å². The van der Waals surface area contributed by atoms with Crippen molar-refractivity contribution in [2.45, 2.75) is 39.3 Å². The molecule has 0 saturated heterocycles. The standard InChI is InChI=1S/C16H25NO/c1-5-10-18-12-15-6-8-16(9-7-15)14(4)11-17-13(2)3/h5-9,13-14,17H,1,10-12H2,2-4H3. The molecule has 0 radical (unpaired) electrons. The molecule has 18 heavy (non-hydrogen) atoms. The van der Waals surface area contributed by atoms with Crippen molar-refractivity contribution in [1.82, 2.24) is 5.32 Å². The highest BCUT2D eigenvalue weighted by atomic mass is 16.5. The molecule has 0 spiro atoms. The van der Waals surface area contributed by atoms with E-state index in [0.29, 0.717) is 25.2 Å². The van der Waals surface area contributed by atoms with Crippen LogP contribution in [-0.4, -0.2) is 19.2 Å². The van der Waals surface area contributed by atoms with Crippen LogP contribution in [0.5, 0.6) is 0 Å². The summed E-state index contributed by atoms with van der Waals surface area (Å²) in [4.78, 5) is 0. The predicted molar refractivity (Wildman–Crippen MR) is 77.8 cm³/mol. The van der Waals surface area contributed by atoms with E-state index in [1.165, 1.54) is 11.1 Å². The van der Waals surface area contributed by atoms with E-state index in [4.69, 9.17) is 4.74 Å². The molecular formula is C16H25NO. The quantitative estimate of drug-likeness (QED) is 0.561. The molecule has 1 rings (SSSR count). The Morgan fingerprint density at radius 3 is 2.44 bits per heavy atom. The lowest BCUT2D eigenvalue weighted by atomic mass is 9.99. The monoisotopic (exact) mass is 247 g/mol. The highest BCUT2D eigenvalue weighted by molar-refractivity contribution is 5.24. The van der Waals surface area contributed by atoms with Crippen molar-refractivity contribution in [3.8, 4) is 0 Å². The van der Waals surface area contributed by atoms with Gasteiger partial charge in [-0.05, 0) is 17.0 Å². The number of ether oxygens (including phenoxy) is 1. The minimum Gasteiger partial charge on any atom is -0.373 e. The van der Waals surface area contributed by atoms with E-state index in [0.717, 1.165) is 6.54 Å². The Hall–Kier alpha value is -1.12. The van der Waals surface area contributed by atoms with Crippen LogP contribution in [0.1, 0.15) is 37.8 Å². The van der Waals surface area contributed by atoms with Gasteiger partial charge >= 0.3 is 0 Å². The summed E-state index contributed by atoms with van der Waals surface area (Å²) in [5.41, 5.74) is 2.58. The van der Waals surface area contributed by atoms with Gasteiger partial charge in [0.25, 0.3) is 0 Å². The van der Waals surface area contributed by atoms with E-state index < -0.39 is 0 Å². The largest absolute Gasteiger partial charge is 0.373 e. The Kier molecular flexibility index (Phi) is 6.69. The first-order chi connectivity index (χ1) is 8.63. The summed E-state index contributed by atoms with van der Waals surface area (Å²) < 4.78 is 5.42. The molecule has 0 amide bonds. The fourth-order valence-electron chi connectivity index (χ4n) is 1.73. The zero-order chi connectivity index (χ0) is 13.4. The van der Waals surface area contributed by atoms with E-state index >= 15 is 0 Å². The van der Waals surface area contributed by atoms with Gasteiger partial charge in [0, 0.05) is 12.6 Å². The van der Waals surface area contributed by atoms with Crippen LogP contribution in [0.4, 0.5) is 0 Å².